The number of methoxy groups -OCH3 is 2. The van der Waals surface area contributed by atoms with Gasteiger partial charge in [-0.2, -0.15) is 0 Å². The molecule has 1 saturated carbocycles. The highest BCUT2D eigenvalue weighted by molar-refractivity contribution is 5.43. The fourth-order valence-corrected chi connectivity index (χ4v) is 3.22. The Balaban J connectivity index is 1.83. The topological polar surface area (TPSA) is 33.7 Å². The average Bonchev–Trinajstić information content (AvgIpc) is 3.37. The summed E-state index contributed by atoms with van der Waals surface area (Å²) in [5, 5.41) is 3.44. The van der Waals surface area contributed by atoms with Crippen molar-refractivity contribution in [2.75, 3.05) is 40.4 Å². The van der Waals surface area contributed by atoms with Gasteiger partial charge in [0.25, 0.3) is 0 Å². The second kappa shape index (κ2) is 6.67. The number of hydrogen-bond acceptors (Lipinski definition) is 4. The quantitative estimate of drug-likeness (QED) is 0.872. The molecule has 21 heavy (non-hydrogen) atoms. The highest BCUT2D eigenvalue weighted by atomic mass is 16.5. The number of piperazine rings is 1. The highest BCUT2D eigenvalue weighted by Gasteiger charge is 2.30. The Labute approximate surface area is 127 Å². The molecule has 0 bridgehead atoms. The molecule has 4 nitrogen and oxygen atoms in total. The van der Waals surface area contributed by atoms with Crippen LogP contribution < -0.4 is 14.8 Å². The van der Waals surface area contributed by atoms with E-state index in [9.17, 15) is 0 Å². The molecule has 1 aromatic rings. The lowest BCUT2D eigenvalue weighted by Crippen LogP contribution is -2.45. The summed E-state index contributed by atoms with van der Waals surface area (Å²) in [7, 11) is 3.40. The van der Waals surface area contributed by atoms with Gasteiger partial charge in [0.05, 0.1) is 14.2 Å². The van der Waals surface area contributed by atoms with Gasteiger partial charge in [-0.15, -0.1) is 0 Å². The van der Waals surface area contributed by atoms with Gasteiger partial charge in [-0.3, -0.25) is 4.90 Å². The second-order valence-corrected chi connectivity index (χ2v) is 6.10. The number of ether oxygens (including phenoxy) is 2. The molecule has 3 rings (SSSR count). The molecule has 1 heterocycles. The zero-order valence-electron chi connectivity index (χ0n) is 13.1. The second-order valence-electron chi connectivity index (χ2n) is 6.10. The molecule has 4 heteroatoms. The van der Waals surface area contributed by atoms with Crippen LogP contribution in [0.15, 0.2) is 18.2 Å². The van der Waals surface area contributed by atoms with E-state index < -0.39 is 0 Å². The monoisotopic (exact) mass is 290 g/mol. The molecule has 0 unspecified atom stereocenters. The zero-order chi connectivity index (χ0) is 14.7. The van der Waals surface area contributed by atoms with Gasteiger partial charge in [0, 0.05) is 32.2 Å². The van der Waals surface area contributed by atoms with Crippen LogP contribution in [0.5, 0.6) is 11.5 Å². The zero-order valence-corrected chi connectivity index (χ0v) is 13.1. The van der Waals surface area contributed by atoms with Gasteiger partial charge in [-0.25, -0.2) is 0 Å². The molecule has 0 radical (unpaired) electrons. The fourth-order valence-electron chi connectivity index (χ4n) is 3.22. The Morgan fingerprint density at radius 1 is 1.14 bits per heavy atom. The van der Waals surface area contributed by atoms with Crippen LogP contribution >= 0.6 is 0 Å². The van der Waals surface area contributed by atoms with Crippen LogP contribution in [0, 0.1) is 5.92 Å². The average molecular weight is 290 g/mol. The molecule has 0 spiro atoms. The summed E-state index contributed by atoms with van der Waals surface area (Å²) in [5.41, 5.74) is 1.36. The number of benzene rings is 1. The third-order valence-corrected chi connectivity index (χ3v) is 4.64. The Hall–Kier alpha value is -1.26. The minimum atomic E-state index is 0.513. The Morgan fingerprint density at radius 2 is 1.86 bits per heavy atom. The van der Waals surface area contributed by atoms with E-state index in [-0.39, 0.29) is 0 Å². The number of hydrogen-bond donors (Lipinski definition) is 1. The summed E-state index contributed by atoms with van der Waals surface area (Å²) in [6.45, 7) is 4.44. The van der Waals surface area contributed by atoms with Crippen molar-refractivity contribution in [3.63, 3.8) is 0 Å². The van der Waals surface area contributed by atoms with Gasteiger partial charge in [-0.1, -0.05) is 18.9 Å². The van der Waals surface area contributed by atoms with Crippen LogP contribution in [-0.4, -0.2) is 45.3 Å². The third kappa shape index (κ3) is 3.50. The lowest BCUT2D eigenvalue weighted by molar-refractivity contribution is 0.160. The van der Waals surface area contributed by atoms with E-state index in [2.05, 4.69) is 22.3 Å². The molecule has 1 aliphatic carbocycles. The van der Waals surface area contributed by atoms with Crippen molar-refractivity contribution in [1.82, 2.24) is 10.2 Å². The summed E-state index contributed by atoms with van der Waals surface area (Å²) in [6, 6.07) is 6.92. The minimum absolute atomic E-state index is 0.513. The first-order valence-corrected chi connectivity index (χ1v) is 7.98. The van der Waals surface area contributed by atoms with Gasteiger partial charge in [-0.05, 0) is 30.0 Å². The lowest BCUT2D eigenvalue weighted by atomic mass is 9.98. The van der Waals surface area contributed by atoms with Crippen molar-refractivity contribution in [2.24, 2.45) is 5.92 Å². The van der Waals surface area contributed by atoms with Crippen LogP contribution in [0.1, 0.15) is 30.9 Å². The summed E-state index contributed by atoms with van der Waals surface area (Å²) in [4.78, 5) is 2.62. The minimum Gasteiger partial charge on any atom is -0.493 e. The van der Waals surface area contributed by atoms with E-state index >= 15 is 0 Å². The number of nitrogens with one attached hydrogen (secondary N) is 1. The maximum atomic E-state index is 5.48. The molecular formula is C17H26N2O2. The van der Waals surface area contributed by atoms with Crippen LogP contribution in [0.4, 0.5) is 0 Å². The van der Waals surface area contributed by atoms with E-state index in [0.717, 1.165) is 43.6 Å². The maximum absolute atomic E-state index is 5.48. The largest absolute Gasteiger partial charge is 0.493 e. The molecule has 2 fully saturated rings. The predicted molar refractivity (Wildman–Crippen MR) is 84.1 cm³/mol. The van der Waals surface area contributed by atoms with Gasteiger partial charge in [0.15, 0.2) is 11.5 Å². The van der Waals surface area contributed by atoms with Crippen molar-refractivity contribution in [1.29, 1.82) is 0 Å². The fraction of sp³-hybridized carbons (Fsp3) is 0.647. The van der Waals surface area contributed by atoms with Crippen molar-refractivity contribution < 1.29 is 9.47 Å². The summed E-state index contributed by atoms with van der Waals surface area (Å²) in [5.74, 6) is 2.57. The van der Waals surface area contributed by atoms with E-state index in [1.54, 1.807) is 14.2 Å². The highest BCUT2D eigenvalue weighted by Crippen LogP contribution is 2.41. The van der Waals surface area contributed by atoms with Crippen molar-refractivity contribution in [2.45, 2.75) is 25.3 Å². The maximum Gasteiger partial charge on any atom is 0.161 e. The van der Waals surface area contributed by atoms with Gasteiger partial charge < -0.3 is 14.8 Å². The third-order valence-electron chi connectivity index (χ3n) is 4.64. The SMILES string of the molecule is COc1ccc([C@@H](CC2CC2)N2CCNCC2)cc1OC. The normalized spacial score (nSPS) is 21.0. The first-order chi connectivity index (χ1) is 10.3. The van der Waals surface area contributed by atoms with E-state index in [0.29, 0.717) is 6.04 Å². The molecule has 1 aliphatic heterocycles. The van der Waals surface area contributed by atoms with E-state index in [1.165, 1.54) is 24.8 Å². The van der Waals surface area contributed by atoms with Crippen molar-refractivity contribution >= 4 is 0 Å². The number of nitrogens with zero attached hydrogens (tertiary/aromatic N) is 1. The molecule has 1 saturated heterocycles. The van der Waals surface area contributed by atoms with Gasteiger partial charge in [0.2, 0.25) is 0 Å². The first kappa shape index (κ1) is 14.7. The molecule has 0 amide bonds. The van der Waals surface area contributed by atoms with Crippen LogP contribution in [-0.2, 0) is 0 Å². The molecule has 1 aromatic carbocycles. The van der Waals surface area contributed by atoms with Crippen LogP contribution in [0.2, 0.25) is 0 Å². The van der Waals surface area contributed by atoms with Crippen molar-refractivity contribution in [3.05, 3.63) is 23.8 Å². The molecule has 2 aliphatic rings. The molecule has 116 valence electrons. The van der Waals surface area contributed by atoms with Gasteiger partial charge in [0.1, 0.15) is 0 Å². The molecule has 1 N–H and O–H groups in total. The lowest BCUT2D eigenvalue weighted by Gasteiger charge is -2.35. The standard InChI is InChI=1S/C17H26N2O2/c1-20-16-6-5-14(12-17(16)21-2)15(11-13-3-4-13)19-9-7-18-8-10-19/h5-6,12-13,15,18H,3-4,7-11H2,1-2H3/t15-/m1/s1. The van der Waals surface area contributed by atoms with Crippen LogP contribution in [0.3, 0.4) is 0 Å². The molecular weight excluding hydrogens is 264 g/mol. The van der Waals surface area contributed by atoms with E-state index in [4.69, 9.17) is 9.47 Å². The molecule has 0 aromatic heterocycles. The summed E-state index contributed by atoms with van der Waals surface area (Å²) >= 11 is 0. The Kier molecular flexibility index (Phi) is 4.66. The number of rotatable bonds is 6. The smallest absolute Gasteiger partial charge is 0.161 e. The predicted octanol–water partition coefficient (Wildman–Crippen LogP) is 2.45. The van der Waals surface area contributed by atoms with Crippen molar-refractivity contribution in [3.8, 4) is 11.5 Å². The van der Waals surface area contributed by atoms with Crippen LogP contribution in [0.25, 0.3) is 0 Å². The van der Waals surface area contributed by atoms with E-state index in [1.807, 2.05) is 6.07 Å². The Bertz CT molecular complexity index is 468. The summed E-state index contributed by atoms with van der Waals surface area (Å²) < 4.78 is 10.8. The van der Waals surface area contributed by atoms with Gasteiger partial charge >= 0.3 is 0 Å². The summed E-state index contributed by atoms with van der Waals surface area (Å²) in [6.07, 6.45) is 4.07. The first-order valence-electron chi connectivity index (χ1n) is 7.98. The molecule has 1 atom stereocenters. The Morgan fingerprint density at radius 3 is 2.48 bits per heavy atom.